The number of esters is 1. The van der Waals surface area contributed by atoms with Gasteiger partial charge in [-0.05, 0) is 37.5 Å². The number of rotatable bonds is 3. The Balaban J connectivity index is 1.64. The number of carbonyl (C=O) groups excluding carboxylic acids is 3. The predicted molar refractivity (Wildman–Crippen MR) is 103 cm³/mol. The van der Waals surface area contributed by atoms with Crippen molar-refractivity contribution in [1.29, 1.82) is 0 Å². The van der Waals surface area contributed by atoms with Crippen LogP contribution in [0.5, 0.6) is 0 Å². The first-order valence-electron chi connectivity index (χ1n) is 9.58. The van der Waals surface area contributed by atoms with E-state index in [1.807, 2.05) is 31.2 Å². The third kappa shape index (κ3) is 4.62. The lowest BCUT2D eigenvalue weighted by atomic mass is 9.95. The highest BCUT2D eigenvalue weighted by atomic mass is 16.5. The van der Waals surface area contributed by atoms with Crippen molar-refractivity contribution in [2.45, 2.75) is 25.8 Å². The molecule has 0 aliphatic carbocycles. The van der Waals surface area contributed by atoms with Gasteiger partial charge >= 0.3 is 12.0 Å². The van der Waals surface area contributed by atoms with Crippen LogP contribution in [-0.4, -0.2) is 73.7 Å². The largest absolute Gasteiger partial charge is 0.467 e. The van der Waals surface area contributed by atoms with Gasteiger partial charge in [-0.1, -0.05) is 12.1 Å². The van der Waals surface area contributed by atoms with Crippen LogP contribution >= 0.6 is 0 Å². The van der Waals surface area contributed by atoms with Crippen LogP contribution in [0, 0.1) is 12.8 Å². The van der Waals surface area contributed by atoms with Gasteiger partial charge in [0.15, 0.2) is 6.04 Å². The molecule has 0 bridgehead atoms. The Morgan fingerprint density at radius 3 is 2.82 bits per heavy atom. The van der Waals surface area contributed by atoms with Gasteiger partial charge in [-0.15, -0.1) is 0 Å². The van der Waals surface area contributed by atoms with Gasteiger partial charge in [0.2, 0.25) is 5.91 Å². The summed E-state index contributed by atoms with van der Waals surface area (Å²) in [5.74, 6) is -0.924. The molecule has 2 aliphatic rings. The number of carbonyl (C=O) groups is 3. The first-order valence-corrected chi connectivity index (χ1v) is 9.58. The van der Waals surface area contributed by atoms with Crippen LogP contribution < -0.4 is 5.32 Å². The maximum atomic E-state index is 13.1. The summed E-state index contributed by atoms with van der Waals surface area (Å²) in [6.07, 6.45) is 1.43. The number of piperidine rings is 1. The third-order valence-electron chi connectivity index (χ3n) is 5.21. The van der Waals surface area contributed by atoms with Crippen LogP contribution in [0.4, 0.5) is 10.5 Å². The summed E-state index contributed by atoms with van der Waals surface area (Å²) in [5.41, 5.74) is 1.79. The minimum atomic E-state index is -0.720. The molecule has 0 aromatic heterocycles. The molecule has 1 aromatic rings. The molecule has 2 atom stereocenters. The van der Waals surface area contributed by atoms with Gasteiger partial charge in [0, 0.05) is 25.3 Å². The van der Waals surface area contributed by atoms with Gasteiger partial charge in [0.05, 0.1) is 26.2 Å². The van der Waals surface area contributed by atoms with Gasteiger partial charge in [-0.3, -0.25) is 4.79 Å². The Morgan fingerprint density at radius 1 is 1.25 bits per heavy atom. The number of likely N-dealkylation sites (tertiary alicyclic amines) is 1. The zero-order chi connectivity index (χ0) is 20.1. The van der Waals surface area contributed by atoms with E-state index in [0.717, 1.165) is 17.7 Å². The van der Waals surface area contributed by atoms with E-state index >= 15 is 0 Å². The van der Waals surface area contributed by atoms with Crippen molar-refractivity contribution in [3.8, 4) is 0 Å². The molecular weight excluding hydrogens is 362 g/mol. The lowest BCUT2D eigenvalue weighted by molar-refractivity contribution is -0.163. The number of nitrogens with zero attached hydrogens (tertiary/aromatic N) is 2. The summed E-state index contributed by atoms with van der Waals surface area (Å²) < 4.78 is 10.1. The lowest BCUT2D eigenvalue weighted by Gasteiger charge is -2.39. The highest BCUT2D eigenvalue weighted by Crippen LogP contribution is 2.22. The molecule has 3 amide bonds. The fourth-order valence-corrected chi connectivity index (χ4v) is 3.72. The fourth-order valence-electron chi connectivity index (χ4n) is 3.72. The van der Waals surface area contributed by atoms with E-state index < -0.39 is 12.0 Å². The molecular formula is C20H27N3O5. The molecule has 0 spiro atoms. The summed E-state index contributed by atoms with van der Waals surface area (Å²) >= 11 is 0. The van der Waals surface area contributed by atoms with Crippen molar-refractivity contribution < 1.29 is 23.9 Å². The van der Waals surface area contributed by atoms with Crippen molar-refractivity contribution in [3.63, 3.8) is 0 Å². The van der Waals surface area contributed by atoms with Crippen LogP contribution in [0.25, 0.3) is 0 Å². The quantitative estimate of drug-likeness (QED) is 0.794. The number of hydrogen-bond donors (Lipinski definition) is 1. The number of aryl methyl sites for hydroxylation is 1. The van der Waals surface area contributed by atoms with Crippen molar-refractivity contribution in [3.05, 3.63) is 29.8 Å². The Hall–Kier alpha value is -2.61. The molecule has 3 rings (SSSR count). The van der Waals surface area contributed by atoms with E-state index in [1.165, 1.54) is 7.11 Å². The number of hydrogen-bond acceptors (Lipinski definition) is 5. The number of amides is 3. The first kappa shape index (κ1) is 20.1. The van der Waals surface area contributed by atoms with Gasteiger partial charge in [-0.25, -0.2) is 9.59 Å². The number of ether oxygens (including phenoxy) is 2. The first-order chi connectivity index (χ1) is 13.5. The maximum absolute atomic E-state index is 13.1. The average Bonchev–Trinajstić information content (AvgIpc) is 2.72. The second-order valence-corrected chi connectivity index (χ2v) is 7.23. The van der Waals surface area contributed by atoms with Gasteiger partial charge in [0.1, 0.15) is 0 Å². The lowest BCUT2D eigenvalue weighted by Crippen LogP contribution is -2.56. The van der Waals surface area contributed by atoms with Crippen LogP contribution in [0.15, 0.2) is 24.3 Å². The minimum absolute atomic E-state index is 0.119. The van der Waals surface area contributed by atoms with Crippen LogP contribution in [0.3, 0.4) is 0 Å². The maximum Gasteiger partial charge on any atom is 0.331 e. The summed E-state index contributed by atoms with van der Waals surface area (Å²) in [6.45, 7) is 3.79. The third-order valence-corrected chi connectivity index (χ3v) is 5.21. The topological polar surface area (TPSA) is 88.2 Å². The summed E-state index contributed by atoms with van der Waals surface area (Å²) in [7, 11) is 1.30. The SMILES string of the molecule is COC(=O)[C@@H]1COCCN1C(=O)[C@H]1CCCN(C(=O)Nc2cccc(C)c2)C1. The molecule has 2 heterocycles. The van der Waals surface area contributed by atoms with E-state index in [9.17, 15) is 14.4 Å². The zero-order valence-electron chi connectivity index (χ0n) is 16.3. The molecule has 0 saturated carbocycles. The second kappa shape index (κ2) is 9.05. The number of urea groups is 1. The predicted octanol–water partition coefficient (Wildman–Crippen LogP) is 1.64. The molecule has 0 radical (unpaired) electrons. The Labute approximate surface area is 164 Å². The number of morpholine rings is 1. The van der Waals surface area contributed by atoms with E-state index in [4.69, 9.17) is 9.47 Å². The molecule has 152 valence electrons. The van der Waals surface area contributed by atoms with Crippen LogP contribution in [0.1, 0.15) is 18.4 Å². The molecule has 8 nitrogen and oxygen atoms in total. The molecule has 1 aromatic carbocycles. The highest BCUT2D eigenvalue weighted by molar-refractivity contribution is 5.91. The van der Waals surface area contributed by atoms with Crippen molar-refractivity contribution in [2.75, 3.05) is 45.3 Å². The van der Waals surface area contributed by atoms with Gasteiger partial charge in [-0.2, -0.15) is 0 Å². The number of methoxy groups -OCH3 is 1. The highest BCUT2D eigenvalue weighted by Gasteiger charge is 2.38. The second-order valence-electron chi connectivity index (χ2n) is 7.23. The Morgan fingerprint density at radius 2 is 2.07 bits per heavy atom. The smallest absolute Gasteiger partial charge is 0.331 e. The standard InChI is InChI=1S/C20H27N3O5/c1-14-5-3-7-16(11-14)21-20(26)22-8-4-6-15(12-22)18(24)23-9-10-28-13-17(23)19(25)27-2/h3,5,7,11,15,17H,4,6,8-10,12-13H2,1-2H3,(H,21,26)/t15-,17-/m0/s1. The normalized spacial score (nSPS) is 22.5. The van der Waals surface area contributed by atoms with E-state index in [1.54, 1.807) is 9.80 Å². The summed E-state index contributed by atoms with van der Waals surface area (Å²) in [6, 6.07) is 6.66. The van der Waals surface area contributed by atoms with Gasteiger partial charge in [0.25, 0.3) is 0 Å². The minimum Gasteiger partial charge on any atom is -0.467 e. The summed E-state index contributed by atoms with van der Waals surface area (Å²) in [4.78, 5) is 40.9. The molecule has 2 aliphatic heterocycles. The van der Waals surface area contributed by atoms with Crippen molar-refractivity contribution in [1.82, 2.24) is 9.80 Å². The van der Waals surface area contributed by atoms with Gasteiger partial charge < -0.3 is 24.6 Å². The number of nitrogens with one attached hydrogen (secondary N) is 1. The Kier molecular flexibility index (Phi) is 6.51. The van der Waals surface area contributed by atoms with Crippen LogP contribution in [-0.2, 0) is 19.1 Å². The average molecular weight is 389 g/mol. The van der Waals surface area contributed by atoms with E-state index in [-0.39, 0.29) is 24.5 Å². The fraction of sp³-hybridized carbons (Fsp3) is 0.550. The Bertz CT molecular complexity index is 738. The molecule has 0 unspecified atom stereocenters. The molecule has 2 saturated heterocycles. The summed E-state index contributed by atoms with van der Waals surface area (Å²) in [5, 5.41) is 2.90. The monoisotopic (exact) mass is 389 g/mol. The van der Waals surface area contributed by atoms with E-state index in [0.29, 0.717) is 32.7 Å². The van der Waals surface area contributed by atoms with Crippen molar-refractivity contribution >= 4 is 23.6 Å². The van der Waals surface area contributed by atoms with Crippen LogP contribution in [0.2, 0.25) is 0 Å². The van der Waals surface area contributed by atoms with Crippen molar-refractivity contribution in [2.24, 2.45) is 5.92 Å². The number of anilines is 1. The molecule has 28 heavy (non-hydrogen) atoms. The van der Waals surface area contributed by atoms with E-state index in [2.05, 4.69) is 5.32 Å². The number of benzene rings is 1. The molecule has 1 N–H and O–H groups in total. The zero-order valence-corrected chi connectivity index (χ0v) is 16.3. The molecule has 2 fully saturated rings. The molecule has 8 heteroatoms.